The van der Waals surface area contributed by atoms with Crippen LogP contribution in [0.2, 0.25) is 0 Å². The number of amides is 1. The van der Waals surface area contributed by atoms with Crippen LogP contribution in [0, 0.1) is 17.0 Å². The fourth-order valence-electron chi connectivity index (χ4n) is 2.32. The van der Waals surface area contributed by atoms with Gasteiger partial charge in [0.25, 0.3) is 11.6 Å². The number of hydrogen-bond acceptors (Lipinski definition) is 6. The molecule has 0 aromatic heterocycles. The number of hydrogen-bond donors (Lipinski definition) is 1. The number of carbonyl (C=O) groups excluding carboxylic acids is 1. The van der Waals surface area contributed by atoms with Crippen molar-refractivity contribution in [3.05, 3.63) is 52.1 Å². The van der Waals surface area contributed by atoms with Crippen molar-refractivity contribution in [2.24, 2.45) is 0 Å². The van der Waals surface area contributed by atoms with Gasteiger partial charge in [0, 0.05) is 23.4 Å². The number of methoxy groups -OCH3 is 2. The minimum absolute atomic E-state index is 0.000201. The highest BCUT2D eigenvalue weighted by molar-refractivity contribution is 5.94. The van der Waals surface area contributed by atoms with Crippen molar-refractivity contribution in [1.29, 1.82) is 0 Å². The quantitative estimate of drug-likeness (QED) is 0.600. The molecule has 0 unspecified atom stereocenters. The van der Waals surface area contributed by atoms with Crippen LogP contribution in [0.15, 0.2) is 36.4 Å². The highest BCUT2D eigenvalue weighted by Crippen LogP contribution is 2.30. The van der Waals surface area contributed by atoms with Gasteiger partial charge in [-0.25, -0.2) is 0 Å². The zero-order chi connectivity index (χ0) is 19.3. The van der Waals surface area contributed by atoms with E-state index < -0.39 is 11.0 Å². The summed E-state index contributed by atoms with van der Waals surface area (Å²) in [6, 6.07) is 9.34. The summed E-state index contributed by atoms with van der Waals surface area (Å²) in [5, 5.41) is 13.6. The van der Waals surface area contributed by atoms with Crippen LogP contribution >= 0.6 is 0 Å². The van der Waals surface area contributed by atoms with Crippen LogP contribution in [0.4, 0.5) is 11.4 Å². The molecule has 0 fully saturated rings. The van der Waals surface area contributed by atoms with Crippen molar-refractivity contribution in [1.82, 2.24) is 0 Å². The molecule has 2 rings (SSSR count). The lowest BCUT2D eigenvalue weighted by Crippen LogP contribution is -2.30. The molecule has 0 spiro atoms. The second-order valence-corrected chi connectivity index (χ2v) is 5.52. The molecule has 0 radical (unpaired) electrons. The van der Waals surface area contributed by atoms with Crippen LogP contribution in [0.1, 0.15) is 12.5 Å². The summed E-state index contributed by atoms with van der Waals surface area (Å²) >= 11 is 0. The molecule has 1 atom stereocenters. The van der Waals surface area contributed by atoms with Gasteiger partial charge < -0.3 is 19.5 Å². The van der Waals surface area contributed by atoms with Gasteiger partial charge in [-0.1, -0.05) is 0 Å². The normalized spacial score (nSPS) is 11.4. The third-order valence-corrected chi connectivity index (χ3v) is 3.70. The van der Waals surface area contributed by atoms with E-state index in [-0.39, 0.29) is 11.6 Å². The average Bonchev–Trinajstić information content (AvgIpc) is 2.61. The van der Waals surface area contributed by atoms with Crippen molar-refractivity contribution < 1.29 is 23.9 Å². The maximum Gasteiger partial charge on any atom is 0.272 e. The number of ether oxygens (including phenoxy) is 3. The number of nitrogens with zero attached hydrogens (tertiary/aromatic N) is 1. The van der Waals surface area contributed by atoms with E-state index in [0.29, 0.717) is 28.5 Å². The average molecular weight is 360 g/mol. The molecule has 8 heteroatoms. The van der Waals surface area contributed by atoms with Crippen molar-refractivity contribution in [3.63, 3.8) is 0 Å². The summed E-state index contributed by atoms with van der Waals surface area (Å²) in [6.07, 6.45) is -0.802. The summed E-state index contributed by atoms with van der Waals surface area (Å²) < 4.78 is 15.9. The maximum absolute atomic E-state index is 12.3. The van der Waals surface area contributed by atoms with Crippen LogP contribution < -0.4 is 19.5 Å². The standard InChI is InChI=1S/C18H20N2O6/c1-11-9-14(6-7-15(11)20(22)23)26-12(2)18(21)19-13-5-8-16(24-3)17(10-13)25-4/h5-10,12H,1-4H3,(H,19,21)/t12-/m0/s1. The number of anilines is 1. The Morgan fingerprint density at radius 3 is 2.38 bits per heavy atom. The predicted molar refractivity (Wildman–Crippen MR) is 96.1 cm³/mol. The van der Waals surface area contributed by atoms with Gasteiger partial charge in [0.2, 0.25) is 0 Å². The number of nitro benzene ring substituents is 1. The lowest BCUT2D eigenvalue weighted by molar-refractivity contribution is -0.385. The molecule has 0 aliphatic heterocycles. The first-order valence-corrected chi connectivity index (χ1v) is 7.80. The van der Waals surface area contributed by atoms with Gasteiger partial charge in [-0.3, -0.25) is 14.9 Å². The highest BCUT2D eigenvalue weighted by atomic mass is 16.6. The second-order valence-electron chi connectivity index (χ2n) is 5.52. The zero-order valence-electron chi connectivity index (χ0n) is 14.9. The molecule has 138 valence electrons. The lowest BCUT2D eigenvalue weighted by atomic mass is 10.2. The number of carbonyl (C=O) groups is 1. The molecule has 2 aromatic carbocycles. The molecule has 0 saturated carbocycles. The Hall–Kier alpha value is -3.29. The number of nitrogens with one attached hydrogen (secondary N) is 1. The van der Waals surface area contributed by atoms with Gasteiger partial charge in [-0.15, -0.1) is 0 Å². The summed E-state index contributed by atoms with van der Waals surface area (Å²) in [5.74, 6) is 1.05. The van der Waals surface area contributed by atoms with Gasteiger partial charge in [-0.2, -0.15) is 0 Å². The lowest BCUT2D eigenvalue weighted by Gasteiger charge is -2.16. The molecule has 0 heterocycles. The van der Waals surface area contributed by atoms with E-state index in [2.05, 4.69) is 5.32 Å². The molecular formula is C18H20N2O6. The van der Waals surface area contributed by atoms with Crippen molar-refractivity contribution in [2.75, 3.05) is 19.5 Å². The first-order valence-electron chi connectivity index (χ1n) is 7.80. The number of rotatable bonds is 7. The van der Waals surface area contributed by atoms with Crippen LogP contribution in [-0.4, -0.2) is 31.2 Å². The minimum atomic E-state index is -0.802. The SMILES string of the molecule is COc1ccc(NC(=O)[C@H](C)Oc2ccc([N+](=O)[O-])c(C)c2)cc1OC. The Bertz CT molecular complexity index is 821. The molecule has 2 aromatic rings. The van der Waals surface area contributed by atoms with Crippen LogP contribution in [0.25, 0.3) is 0 Å². The van der Waals surface area contributed by atoms with Gasteiger partial charge in [0.05, 0.1) is 19.1 Å². The monoisotopic (exact) mass is 360 g/mol. The Morgan fingerprint density at radius 2 is 1.81 bits per heavy atom. The van der Waals surface area contributed by atoms with E-state index in [1.165, 1.54) is 32.4 Å². The van der Waals surface area contributed by atoms with E-state index >= 15 is 0 Å². The van der Waals surface area contributed by atoms with Crippen molar-refractivity contribution in [2.45, 2.75) is 20.0 Å². The summed E-state index contributed by atoms with van der Waals surface area (Å²) in [6.45, 7) is 3.20. The molecule has 8 nitrogen and oxygen atoms in total. The third kappa shape index (κ3) is 4.41. The topological polar surface area (TPSA) is 99.9 Å². The Balaban J connectivity index is 2.06. The van der Waals surface area contributed by atoms with Gasteiger partial charge in [0.1, 0.15) is 5.75 Å². The molecule has 0 aliphatic carbocycles. The van der Waals surface area contributed by atoms with Crippen LogP contribution in [0.5, 0.6) is 17.2 Å². The third-order valence-electron chi connectivity index (χ3n) is 3.70. The van der Waals surface area contributed by atoms with E-state index in [1.807, 2.05) is 0 Å². The first kappa shape index (κ1) is 19.0. The molecular weight excluding hydrogens is 340 g/mol. The number of nitro groups is 1. The molecule has 1 amide bonds. The Kier molecular flexibility index (Phi) is 6.00. The van der Waals surface area contributed by atoms with E-state index in [1.54, 1.807) is 32.0 Å². The molecule has 26 heavy (non-hydrogen) atoms. The Labute approximate surface area is 150 Å². The molecule has 0 saturated heterocycles. The highest BCUT2D eigenvalue weighted by Gasteiger charge is 2.18. The smallest absolute Gasteiger partial charge is 0.272 e. The summed E-state index contributed by atoms with van der Waals surface area (Å²) in [5.41, 5.74) is 0.989. The van der Waals surface area contributed by atoms with Gasteiger partial charge >= 0.3 is 0 Å². The predicted octanol–water partition coefficient (Wildman–Crippen LogP) is 3.33. The van der Waals surface area contributed by atoms with E-state index in [9.17, 15) is 14.9 Å². The Morgan fingerprint density at radius 1 is 1.12 bits per heavy atom. The fourth-order valence-corrected chi connectivity index (χ4v) is 2.32. The van der Waals surface area contributed by atoms with Gasteiger partial charge in [-0.05, 0) is 38.1 Å². The summed E-state index contributed by atoms with van der Waals surface area (Å²) in [7, 11) is 3.03. The fraction of sp³-hybridized carbons (Fsp3) is 0.278. The van der Waals surface area contributed by atoms with E-state index in [4.69, 9.17) is 14.2 Å². The largest absolute Gasteiger partial charge is 0.493 e. The molecule has 1 N–H and O–H groups in total. The minimum Gasteiger partial charge on any atom is -0.493 e. The van der Waals surface area contributed by atoms with Crippen LogP contribution in [0.3, 0.4) is 0 Å². The molecule has 0 aliphatic rings. The van der Waals surface area contributed by atoms with Crippen molar-refractivity contribution >= 4 is 17.3 Å². The molecule has 0 bridgehead atoms. The maximum atomic E-state index is 12.3. The van der Waals surface area contributed by atoms with Crippen LogP contribution in [-0.2, 0) is 4.79 Å². The first-order chi connectivity index (χ1) is 12.3. The zero-order valence-corrected chi connectivity index (χ0v) is 14.9. The number of aryl methyl sites for hydroxylation is 1. The second kappa shape index (κ2) is 8.19. The van der Waals surface area contributed by atoms with Crippen molar-refractivity contribution in [3.8, 4) is 17.2 Å². The van der Waals surface area contributed by atoms with E-state index in [0.717, 1.165) is 0 Å². The van der Waals surface area contributed by atoms with Gasteiger partial charge in [0.15, 0.2) is 17.6 Å². The summed E-state index contributed by atoms with van der Waals surface area (Å²) in [4.78, 5) is 22.7. The number of benzene rings is 2.